The number of nitrogens with zero attached hydrogens (tertiary/aromatic N) is 1. The molecule has 1 heterocycles. The van der Waals surface area contributed by atoms with Crippen LogP contribution in [-0.2, 0) is 9.59 Å². The van der Waals surface area contributed by atoms with Gasteiger partial charge in [0.15, 0.2) is 0 Å². The van der Waals surface area contributed by atoms with Gasteiger partial charge < -0.3 is 20.9 Å². The Morgan fingerprint density at radius 1 is 1.08 bits per heavy atom. The summed E-state index contributed by atoms with van der Waals surface area (Å²) >= 11 is 0. The molecule has 0 aromatic heterocycles. The Kier molecular flexibility index (Phi) is 6.73. The summed E-state index contributed by atoms with van der Waals surface area (Å²) in [7, 11) is 0. The highest BCUT2D eigenvalue weighted by Crippen LogP contribution is 2.18. The van der Waals surface area contributed by atoms with E-state index in [4.69, 9.17) is 0 Å². The summed E-state index contributed by atoms with van der Waals surface area (Å²) in [6.45, 7) is 3.71. The molecule has 136 valence electrons. The molecule has 8 heteroatoms. The van der Waals surface area contributed by atoms with Crippen molar-refractivity contribution in [3.63, 3.8) is 0 Å². The van der Waals surface area contributed by atoms with Crippen molar-refractivity contribution in [1.29, 1.82) is 0 Å². The average molecular weight is 350 g/mol. The number of hydrogen-bond donors (Lipinski definition) is 3. The molecule has 1 aliphatic heterocycles. The minimum atomic E-state index is -0.627. The van der Waals surface area contributed by atoms with Crippen LogP contribution in [0.15, 0.2) is 24.3 Å². The Labute approximate surface area is 145 Å². The summed E-state index contributed by atoms with van der Waals surface area (Å²) in [6.07, 6.45) is 1.49. The molecule has 4 amide bonds. The van der Waals surface area contributed by atoms with Gasteiger partial charge >= 0.3 is 17.8 Å². The van der Waals surface area contributed by atoms with Crippen molar-refractivity contribution in [1.82, 2.24) is 15.5 Å². The minimum Gasteiger partial charge on any atom is -0.348 e. The Morgan fingerprint density at radius 2 is 1.68 bits per heavy atom. The van der Waals surface area contributed by atoms with Gasteiger partial charge in [-0.15, -0.1) is 0 Å². The molecular weight excluding hydrogens is 327 g/mol. The zero-order chi connectivity index (χ0) is 18.2. The highest BCUT2D eigenvalue weighted by Gasteiger charge is 2.24. The number of halogens is 1. The maximum atomic E-state index is 12.9. The lowest BCUT2D eigenvalue weighted by Gasteiger charge is -2.32. The highest BCUT2D eigenvalue weighted by atomic mass is 19.1. The molecule has 0 saturated carbocycles. The summed E-state index contributed by atoms with van der Waals surface area (Å²) in [6, 6.07) is 5.38. The molecule has 1 saturated heterocycles. The average Bonchev–Trinajstić information content (AvgIpc) is 2.62. The normalized spacial score (nSPS) is 14.7. The van der Waals surface area contributed by atoms with E-state index in [0.29, 0.717) is 31.9 Å². The molecule has 1 aliphatic rings. The second-order valence-electron chi connectivity index (χ2n) is 5.94. The Hall–Kier alpha value is -2.64. The van der Waals surface area contributed by atoms with Crippen LogP contribution in [0.5, 0.6) is 0 Å². The van der Waals surface area contributed by atoms with Gasteiger partial charge in [-0.1, -0.05) is 0 Å². The number of amides is 4. The lowest BCUT2D eigenvalue weighted by molar-refractivity contribution is -0.139. The van der Waals surface area contributed by atoms with Crippen molar-refractivity contribution in [2.75, 3.05) is 31.5 Å². The van der Waals surface area contributed by atoms with Gasteiger partial charge in [0, 0.05) is 31.9 Å². The van der Waals surface area contributed by atoms with E-state index >= 15 is 0 Å². The molecule has 7 nitrogen and oxygen atoms in total. The first kappa shape index (κ1) is 18.7. The van der Waals surface area contributed by atoms with Crippen LogP contribution in [0.25, 0.3) is 0 Å². The number of hydrogen-bond acceptors (Lipinski definition) is 3. The van der Waals surface area contributed by atoms with Crippen molar-refractivity contribution in [3.8, 4) is 0 Å². The summed E-state index contributed by atoms with van der Waals surface area (Å²) in [5.74, 6) is -1.38. The van der Waals surface area contributed by atoms with Crippen molar-refractivity contribution in [2.45, 2.75) is 19.8 Å². The number of urea groups is 1. The molecule has 0 radical (unpaired) electrons. The van der Waals surface area contributed by atoms with E-state index in [1.807, 2.05) is 0 Å². The molecule has 0 aliphatic carbocycles. The number of carbonyl (C=O) groups excluding carboxylic acids is 3. The number of likely N-dealkylation sites (tertiary alicyclic amines) is 1. The van der Waals surface area contributed by atoms with Gasteiger partial charge in [-0.3, -0.25) is 9.59 Å². The molecule has 0 unspecified atom stereocenters. The number of piperidine rings is 1. The van der Waals surface area contributed by atoms with E-state index in [9.17, 15) is 18.8 Å². The predicted octanol–water partition coefficient (Wildman–Crippen LogP) is 1.32. The van der Waals surface area contributed by atoms with Crippen LogP contribution in [0.1, 0.15) is 19.8 Å². The second-order valence-corrected chi connectivity index (χ2v) is 5.94. The molecule has 25 heavy (non-hydrogen) atoms. The van der Waals surface area contributed by atoms with Crippen LogP contribution >= 0.6 is 0 Å². The lowest BCUT2D eigenvalue weighted by Crippen LogP contribution is -2.45. The lowest BCUT2D eigenvalue weighted by atomic mass is 9.97. The van der Waals surface area contributed by atoms with Crippen molar-refractivity contribution < 1.29 is 18.8 Å². The van der Waals surface area contributed by atoms with Gasteiger partial charge in [0.1, 0.15) is 5.82 Å². The van der Waals surface area contributed by atoms with Gasteiger partial charge in [0.2, 0.25) is 0 Å². The van der Waals surface area contributed by atoms with E-state index in [1.165, 1.54) is 24.3 Å². The van der Waals surface area contributed by atoms with Crippen molar-refractivity contribution in [3.05, 3.63) is 30.1 Å². The smallest absolute Gasteiger partial charge is 0.321 e. The molecule has 0 spiro atoms. The fourth-order valence-electron chi connectivity index (χ4n) is 2.63. The fraction of sp³-hybridized carbons (Fsp3) is 0.471. The monoisotopic (exact) mass is 350 g/mol. The molecule has 0 bridgehead atoms. The first-order chi connectivity index (χ1) is 12.0. The summed E-state index contributed by atoms with van der Waals surface area (Å²) in [5.41, 5.74) is 0.544. The first-order valence-electron chi connectivity index (χ1n) is 8.37. The van der Waals surface area contributed by atoms with Crippen LogP contribution in [0.4, 0.5) is 14.9 Å². The number of anilines is 1. The zero-order valence-corrected chi connectivity index (χ0v) is 14.2. The quantitative estimate of drug-likeness (QED) is 0.716. The third-order valence-corrected chi connectivity index (χ3v) is 4.09. The zero-order valence-electron chi connectivity index (χ0n) is 14.2. The predicted molar refractivity (Wildman–Crippen MR) is 91.4 cm³/mol. The van der Waals surface area contributed by atoms with E-state index < -0.39 is 11.8 Å². The first-order valence-corrected chi connectivity index (χ1v) is 8.37. The van der Waals surface area contributed by atoms with Crippen LogP contribution in [0.3, 0.4) is 0 Å². The van der Waals surface area contributed by atoms with E-state index in [1.54, 1.807) is 11.8 Å². The van der Waals surface area contributed by atoms with E-state index in [2.05, 4.69) is 16.0 Å². The van der Waals surface area contributed by atoms with Crippen LogP contribution < -0.4 is 16.0 Å². The maximum Gasteiger partial charge on any atom is 0.321 e. The van der Waals surface area contributed by atoms with Crippen LogP contribution in [-0.4, -0.2) is 48.9 Å². The summed E-state index contributed by atoms with van der Waals surface area (Å²) in [5, 5.41) is 7.80. The molecule has 1 fully saturated rings. The molecule has 1 aromatic carbocycles. The maximum absolute atomic E-state index is 12.9. The highest BCUT2D eigenvalue weighted by molar-refractivity contribution is 6.35. The van der Waals surface area contributed by atoms with Gasteiger partial charge in [-0.2, -0.15) is 0 Å². The molecule has 0 atom stereocenters. The number of rotatable bonds is 4. The van der Waals surface area contributed by atoms with Gasteiger partial charge in [0.25, 0.3) is 0 Å². The Bertz CT molecular complexity index is 613. The largest absolute Gasteiger partial charge is 0.348 e. The second kappa shape index (κ2) is 9.00. The SMILES string of the molecule is CCNC(=O)C(=O)NCC1CCN(C(=O)Nc2ccc(F)cc2)CC1. The number of benzene rings is 1. The van der Waals surface area contributed by atoms with Crippen LogP contribution in [0, 0.1) is 11.7 Å². The van der Waals surface area contributed by atoms with Crippen LogP contribution in [0.2, 0.25) is 0 Å². The minimum absolute atomic E-state index is 0.226. The van der Waals surface area contributed by atoms with Gasteiger partial charge in [-0.05, 0) is 49.9 Å². The fourth-order valence-corrected chi connectivity index (χ4v) is 2.63. The molecule has 1 aromatic rings. The van der Waals surface area contributed by atoms with Crippen molar-refractivity contribution >= 4 is 23.5 Å². The Morgan fingerprint density at radius 3 is 2.28 bits per heavy atom. The summed E-state index contributed by atoms with van der Waals surface area (Å²) in [4.78, 5) is 36.8. The van der Waals surface area contributed by atoms with Gasteiger partial charge in [-0.25, -0.2) is 9.18 Å². The molecule has 3 N–H and O–H groups in total. The topological polar surface area (TPSA) is 90.5 Å². The van der Waals surface area contributed by atoms with Gasteiger partial charge in [0.05, 0.1) is 0 Å². The number of likely N-dealkylation sites (N-methyl/N-ethyl adjacent to an activating group) is 1. The number of carbonyl (C=O) groups is 3. The molecular formula is C17H23FN4O3. The standard InChI is InChI=1S/C17H23FN4O3/c1-2-19-15(23)16(24)20-11-12-7-9-22(10-8-12)17(25)21-14-5-3-13(18)4-6-14/h3-6,12H,2,7-11H2,1H3,(H,19,23)(H,20,24)(H,21,25). The Balaban J connectivity index is 1.72. The summed E-state index contributed by atoms with van der Waals surface area (Å²) < 4.78 is 12.9. The number of nitrogens with one attached hydrogen (secondary N) is 3. The van der Waals surface area contributed by atoms with E-state index in [-0.39, 0.29) is 17.8 Å². The third kappa shape index (κ3) is 5.74. The third-order valence-electron chi connectivity index (χ3n) is 4.09. The van der Waals surface area contributed by atoms with E-state index in [0.717, 1.165) is 12.8 Å². The molecule has 2 rings (SSSR count). The van der Waals surface area contributed by atoms with Crippen molar-refractivity contribution in [2.24, 2.45) is 5.92 Å².